The molecule has 0 N–H and O–H groups in total. The minimum Gasteiger partial charge on any atom is -0.343 e. The number of nitrogens with zero attached hydrogens (tertiary/aromatic N) is 3. The molecule has 7 heteroatoms. The van der Waals surface area contributed by atoms with E-state index in [1.165, 1.54) is 4.68 Å². The van der Waals surface area contributed by atoms with Crippen LogP contribution in [0.2, 0.25) is 10.0 Å². The zero-order valence-corrected chi connectivity index (χ0v) is 17.3. The molecule has 1 heterocycles. The van der Waals surface area contributed by atoms with Crippen molar-refractivity contribution >= 4 is 39.9 Å². The second-order valence-electron chi connectivity index (χ2n) is 6.40. The summed E-state index contributed by atoms with van der Waals surface area (Å²) in [6.07, 6.45) is 0.124. The van der Waals surface area contributed by atoms with Crippen molar-refractivity contribution in [1.82, 2.24) is 14.7 Å². The Morgan fingerprint density at radius 3 is 2.21 bits per heavy atom. The number of amides is 1. The smallest absolute Gasteiger partial charge is 0.274 e. The average molecular weight is 418 g/mol. The zero-order valence-electron chi connectivity index (χ0n) is 15.8. The zero-order chi connectivity index (χ0) is 20.3. The van der Waals surface area contributed by atoms with Crippen LogP contribution >= 0.6 is 23.2 Å². The molecular weight excluding hydrogens is 397 g/mol. The van der Waals surface area contributed by atoms with Gasteiger partial charge in [0.25, 0.3) is 5.56 Å². The van der Waals surface area contributed by atoms with Crippen LogP contribution in [-0.2, 0) is 17.8 Å². The molecule has 0 fully saturated rings. The molecular formula is C21H21Cl2N3O2. The van der Waals surface area contributed by atoms with Crippen molar-refractivity contribution < 1.29 is 4.79 Å². The van der Waals surface area contributed by atoms with Crippen LogP contribution in [-0.4, -0.2) is 33.7 Å². The summed E-state index contributed by atoms with van der Waals surface area (Å²) in [7, 11) is 0. The minimum atomic E-state index is -0.245. The summed E-state index contributed by atoms with van der Waals surface area (Å²) in [5, 5.41) is 6.65. The molecule has 0 aliphatic heterocycles. The summed E-state index contributed by atoms with van der Waals surface area (Å²) < 4.78 is 1.33. The molecule has 0 bridgehead atoms. The van der Waals surface area contributed by atoms with Crippen LogP contribution in [0.3, 0.4) is 0 Å². The van der Waals surface area contributed by atoms with E-state index in [1.54, 1.807) is 35.2 Å². The van der Waals surface area contributed by atoms with E-state index in [0.29, 0.717) is 45.2 Å². The van der Waals surface area contributed by atoms with Crippen LogP contribution in [0, 0.1) is 0 Å². The molecule has 0 aliphatic carbocycles. The lowest BCUT2D eigenvalue weighted by Gasteiger charge is -2.19. The van der Waals surface area contributed by atoms with Crippen LogP contribution in [0.5, 0.6) is 0 Å². The maximum Gasteiger partial charge on any atom is 0.274 e. The van der Waals surface area contributed by atoms with Gasteiger partial charge in [-0.15, -0.1) is 0 Å². The van der Waals surface area contributed by atoms with Crippen LogP contribution in [0.4, 0.5) is 0 Å². The van der Waals surface area contributed by atoms with Gasteiger partial charge in [-0.1, -0.05) is 47.5 Å². The van der Waals surface area contributed by atoms with Crippen LogP contribution in [0.25, 0.3) is 10.8 Å². The number of carbonyl (C=O) groups is 1. The molecule has 5 nitrogen and oxygen atoms in total. The predicted molar refractivity (Wildman–Crippen MR) is 113 cm³/mol. The minimum absolute atomic E-state index is 0.0244. The summed E-state index contributed by atoms with van der Waals surface area (Å²) in [4.78, 5) is 27.3. The highest BCUT2D eigenvalue weighted by molar-refractivity contribution is 6.35. The summed E-state index contributed by atoms with van der Waals surface area (Å²) in [5.41, 5.74) is 0.942. The number of aromatic nitrogens is 2. The van der Waals surface area contributed by atoms with Gasteiger partial charge in [0.2, 0.25) is 5.91 Å². The first-order valence-electron chi connectivity index (χ1n) is 9.15. The molecule has 0 saturated heterocycles. The monoisotopic (exact) mass is 417 g/mol. The van der Waals surface area contributed by atoms with Gasteiger partial charge in [0.05, 0.1) is 24.0 Å². The van der Waals surface area contributed by atoms with Crippen molar-refractivity contribution in [3.05, 3.63) is 74.1 Å². The third-order valence-corrected chi connectivity index (χ3v) is 5.46. The highest BCUT2D eigenvalue weighted by Crippen LogP contribution is 2.25. The Kier molecular flexibility index (Phi) is 6.37. The van der Waals surface area contributed by atoms with E-state index >= 15 is 0 Å². The Bertz CT molecular complexity index is 1050. The number of hydrogen-bond acceptors (Lipinski definition) is 3. The predicted octanol–water partition coefficient (Wildman–Crippen LogP) is 4.16. The lowest BCUT2D eigenvalue weighted by molar-refractivity contribution is -0.130. The fraction of sp³-hybridized carbons (Fsp3) is 0.286. The van der Waals surface area contributed by atoms with Crippen molar-refractivity contribution in [3.8, 4) is 0 Å². The molecule has 1 amide bonds. The third kappa shape index (κ3) is 4.05. The molecule has 0 unspecified atom stereocenters. The fourth-order valence-electron chi connectivity index (χ4n) is 3.21. The quantitative estimate of drug-likeness (QED) is 0.604. The van der Waals surface area contributed by atoms with Gasteiger partial charge in [-0.3, -0.25) is 9.59 Å². The van der Waals surface area contributed by atoms with Crippen molar-refractivity contribution in [3.63, 3.8) is 0 Å². The molecule has 0 aliphatic rings. The Hall–Kier alpha value is -2.37. The van der Waals surface area contributed by atoms with Gasteiger partial charge in [-0.05, 0) is 32.0 Å². The van der Waals surface area contributed by atoms with E-state index in [-0.39, 0.29) is 24.4 Å². The highest BCUT2D eigenvalue weighted by atomic mass is 35.5. The highest BCUT2D eigenvalue weighted by Gasteiger charge is 2.17. The number of benzene rings is 2. The number of carbonyl (C=O) groups excluding carboxylic acids is 1. The van der Waals surface area contributed by atoms with Crippen LogP contribution in [0.15, 0.2) is 47.3 Å². The van der Waals surface area contributed by atoms with Crippen molar-refractivity contribution in [2.75, 3.05) is 13.1 Å². The molecule has 3 rings (SSSR count). The van der Waals surface area contributed by atoms with E-state index in [2.05, 4.69) is 5.10 Å². The molecule has 0 atom stereocenters. The van der Waals surface area contributed by atoms with Crippen molar-refractivity contribution in [2.45, 2.75) is 26.8 Å². The summed E-state index contributed by atoms with van der Waals surface area (Å²) in [5.74, 6) is -0.0244. The molecule has 0 spiro atoms. The SMILES string of the molecule is CCN(CC)C(=O)Cc1nn(Cc2c(Cl)cccc2Cl)c(=O)c2ccccc12. The number of hydrogen-bond donors (Lipinski definition) is 0. The number of halogens is 2. The lowest BCUT2D eigenvalue weighted by Crippen LogP contribution is -2.33. The summed E-state index contributed by atoms with van der Waals surface area (Å²) in [6.45, 7) is 5.26. The standard InChI is InChI=1S/C21H21Cl2N3O2/c1-3-25(4-2)20(27)12-19-14-8-5-6-9-15(14)21(28)26(24-19)13-16-17(22)10-7-11-18(16)23/h5-11H,3-4,12-13H2,1-2H3. The Balaban J connectivity index is 2.10. The molecule has 1 aromatic heterocycles. The first-order chi connectivity index (χ1) is 13.5. The molecule has 2 aromatic carbocycles. The van der Waals surface area contributed by atoms with Crippen LogP contribution in [0.1, 0.15) is 25.1 Å². The van der Waals surface area contributed by atoms with Gasteiger partial charge < -0.3 is 4.90 Å². The van der Waals surface area contributed by atoms with Crippen LogP contribution < -0.4 is 5.56 Å². The van der Waals surface area contributed by atoms with Gasteiger partial charge in [-0.25, -0.2) is 4.68 Å². The maximum atomic E-state index is 13.0. The molecule has 28 heavy (non-hydrogen) atoms. The molecule has 0 saturated carbocycles. The van der Waals surface area contributed by atoms with E-state index < -0.39 is 0 Å². The van der Waals surface area contributed by atoms with Gasteiger partial charge in [0.15, 0.2) is 0 Å². The Labute approximate surface area is 173 Å². The van der Waals surface area contributed by atoms with E-state index in [0.717, 1.165) is 0 Å². The van der Waals surface area contributed by atoms with Gasteiger partial charge in [0.1, 0.15) is 0 Å². The van der Waals surface area contributed by atoms with Crippen molar-refractivity contribution in [1.29, 1.82) is 0 Å². The molecule has 3 aromatic rings. The first-order valence-corrected chi connectivity index (χ1v) is 9.91. The number of rotatable bonds is 6. The second-order valence-corrected chi connectivity index (χ2v) is 7.21. The number of likely N-dealkylation sites (N-methyl/N-ethyl adjacent to an activating group) is 1. The average Bonchev–Trinajstić information content (AvgIpc) is 2.69. The maximum absolute atomic E-state index is 13.0. The second kappa shape index (κ2) is 8.76. The topological polar surface area (TPSA) is 55.2 Å². The first kappa shape index (κ1) is 20.4. The summed E-state index contributed by atoms with van der Waals surface area (Å²) >= 11 is 12.5. The van der Waals surface area contributed by atoms with Crippen molar-refractivity contribution in [2.24, 2.45) is 0 Å². The van der Waals surface area contributed by atoms with E-state index in [9.17, 15) is 9.59 Å². The van der Waals surface area contributed by atoms with Gasteiger partial charge in [0, 0.05) is 34.1 Å². The van der Waals surface area contributed by atoms with Gasteiger partial charge in [-0.2, -0.15) is 5.10 Å². The Morgan fingerprint density at radius 2 is 1.61 bits per heavy atom. The largest absolute Gasteiger partial charge is 0.343 e. The normalized spacial score (nSPS) is 11.0. The number of fused-ring (bicyclic) bond motifs is 1. The van der Waals surface area contributed by atoms with E-state index in [4.69, 9.17) is 23.2 Å². The fourth-order valence-corrected chi connectivity index (χ4v) is 3.72. The van der Waals surface area contributed by atoms with Gasteiger partial charge >= 0.3 is 0 Å². The Morgan fingerprint density at radius 1 is 1.00 bits per heavy atom. The molecule has 0 radical (unpaired) electrons. The van der Waals surface area contributed by atoms with E-state index in [1.807, 2.05) is 26.0 Å². The summed E-state index contributed by atoms with van der Waals surface area (Å²) in [6, 6.07) is 12.4. The molecule has 146 valence electrons. The third-order valence-electron chi connectivity index (χ3n) is 4.75. The lowest BCUT2D eigenvalue weighted by atomic mass is 10.1.